The molecule has 0 saturated heterocycles. The van der Waals surface area contributed by atoms with Crippen molar-refractivity contribution in [2.24, 2.45) is 0 Å². The van der Waals surface area contributed by atoms with E-state index in [-0.39, 0.29) is 31.1 Å². The SMILES string of the molecule is CC/C=C\C/C=C\C/C=C\C/C=C\CCCCCCC(=O)OCC(COC(=O)CCCCCCC/C=C\CCCC)OC(=O)CCCCCCCCCCCCCCCC. The molecule has 0 aliphatic rings. The summed E-state index contributed by atoms with van der Waals surface area (Å²) in [4.78, 5) is 37.9. The fourth-order valence-corrected chi connectivity index (χ4v) is 6.94. The molecule has 346 valence electrons. The van der Waals surface area contributed by atoms with Crippen molar-refractivity contribution in [3.63, 3.8) is 0 Å². The summed E-state index contributed by atoms with van der Waals surface area (Å²) in [6.45, 7) is 6.46. The van der Waals surface area contributed by atoms with Crippen LogP contribution in [0.4, 0.5) is 0 Å². The molecular weight excluding hydrogens is 745 g/mol. The molecule has 0 spiro atoms. The highest BCUT2D eigenvalue weighted by Gasteiger charge is 2.19. The first-order valence-corrected chi connectivity index (χ1v) is 25.3. The van der Waals surface area contributed by atoms with Crippen molar-refractivity contribution in [3.05, 3.63) is 60.8 Å². The van der Waals surface area contributed by atoms with Gasteiger partial charge in [0, 0.05) is 19.3 Å². The van der Waals surface area contributed by atoms with Crippen LogP contribution in [-0.2, 0) is 28.6 Å². The maximum atomic E-state index is 12.8. The summed E-state index contributed by atoms with van der Waals surface area (Å²) in [7, 11) is 0. The van der Waals surface area contributed by atoms with Crippen LogP contribution >= 0.6 is 0 Å². The summed E-state index contributed by atoms with van der Waals surface area (Å²) in [6, 6.07) is 0. The van der Waals surface area contributed by atoms with Crippen LogP contribution in [-0.4, -0.2) is 37.2 Å². The maximum absolute atomic E-state index is 12.8. The number of hydrogen-bond donors (Lipinski definition) is 0. The number of esters is 3. The fraction of sp³-hybridized carbons (Fsp3) is 0.759. The van der Waals surface area contributed by atoms with E-state index >= 15 is 0 Å². The van der Waals surface area contributed by atoms with Gasteiger partial charge in [-0.05, 0) is 77.0 Å². The van der Waals surface area contributed by atoms with E-state index in [1.807, 2.05) is 0 Å². The lowest BCUT2D eigenvalue weighted by molar-refractivity contribution is -0.167. The Bertz CT molecular complexity index is 1100. The van der Waals surface area contributed by atoms with Crippen molar-refractivity contribution in [2.45, 2.75) is 252 Å². The molecule has 0 bridgehead atoms. The summed E-state index contributed by atoms with van der Waals surface area (Å²) in [5.74, 6) is -0.914. The largest absolute Gasteiger partial charge is 0.462 e. The minimum absolute atomic E-state index is 0.0851. The summed E-state index contributed by atoms with van der Waals surface area (Å²) in [5, 5.41) is 0. The van der Waals surface area contributed by atoms with Gasteiger partial charge in [0.1, 0.15) is 13.2 Å². The van der Waals surface area contributed by atoms with Crippen molar-refractivity contribution in [1.82, 2.24) is 0 Å². The van der Waals surface area contributed by atoms with Crippen molar-refractivity contribution >= 4 is 17.9 Å². The van der Waals surface area contributed by atoms with E-state index in [4.69, 9.17) is 14.2 Å². The number of unbranched alkanes of at least 4 members (excludes halogenated alkanes) is 24. The molecule has 0 rings (SSSR count). The molecule has 0 aromatic rings. The van der Waals surface area contributed by atoms with Gasteiger partial charge in [0.25, 0.3) is 0 Å². The number of hydrogen-bond acceptors (Lipinski definition) is 6. The van der Waals surface area contributed by atoms with E-state index in [2.05, 4.69) is 81.5 Å². The number of carbonyl (C=O) groups excluding carboxylic acids is 3. The predicted molar refractivity (Wildman–Crippen MR) is 256 cm³/mol. The van der Waals surface area contributed by atoms with Crippen LogP contribution in [0.5, 0.6) is 0 Å². The smallest absolute Gasteiger partial charge is 0.306 e. The van der Waals surface area contributed by atoms with Crippen LogP contribution in [0.2, 0.25) is 0 Å². The molecule has 6 heteroatoms. The number of ether oxygens (including phenoxy) is 3. The summed E-state index contributed by atoms with van der Waals surface area (Å²) in [5.41, 5.74) is 0. The second-order valence-electron chi connectivity index (χ2n) is 16.7. The number of carbonyl (C=O) groups is 3. The van der Waals surface area contributed by atoms with Crippen LogP contribution in [0.25, 0.3) is 0 Å². The lowest BCUT2D eigenvalue weighted by Gasteiger charge is -2.18. The molecule has 0 amide bonds. The van der Waals surface area contributed by atoms with Gasteiger partial charge in [-0.1, -0.05) is 210 Å². The summed E-state index contributed by atoms with van der Waals surface area (Å²) in [6.07, 6.45) is 59.1. The first-order chi connectivity index (χ1) is 29.5. The van der Waals surface area contributed by atoms with Gasteiger partial charge >= 0.3 is 17.9 Å². The van der Waals surface area contributed by atoms with Crippen molar-refractivity contribution in [2.75, 3.05) is 13.2 Å². The van der Waals surface area contributed by atoms with Gasteiger partial charge < -0.3 is 14.2 Å². The quantitative estimate of drug-likeness (QED) is 0.0263. The second kappa shape index (κ2) is 48.8. The Kier molecular flexibility index (Phi) is 46.4. The second-order valence-corrected chi connectivity index (χ2v) is 16.7. The Morgan fingerprint density at radius 2 is 0.667 bits per heavy atom. The fourth-order valence-electron chi connectivity index (χ4n) is 6.94. The number of rotatable bonds is 45. The molecule has 1 atom stereocenters. The lowest BCUT2D eigenvalue weighted by Crippen LogP contribution is -2.30. The third-order valence-corrected chi connectivity index (χ3v) is 10.8. The molecule has 0 aromatic heterocycles. The highest BCUT2D eigenvalue weighted by molar-refractivity contribution is 5.71. The third kappa shape index (κ3) is 46.2. The average molecular weight is 839 g/mol. The zero-order valence-corrected chi connectivity index (χ0v) is 39.5. The van der Waals surface area contributed by atoms with Gasteiger partial charge in [0.15, 0.2) is 6.10 Å². The van der Waals surface area contributed by atoms with E-state index in [0.29, 0.717) is 19.3 Å². The van der Waals surface area contributed by atoms with Gasteiger partial charge in [0.2, 0.25) is 0 Å². The van der Waals surface area contributed by atoms with Crippen LogP contribution in [0.15, 0.2) is 60.8 Å². The normalized spacial score (nSPS) is 12.5. The third-order valence-electron chi connectivity index (χ3n) is 10.8. The van der Waals surface area contributed by atoms with Crippen LogP contribution in [0, 0.1) is 0 Å². The molecular formula is C54H94O6. The Balaban J connectivity index is 4.40. The minimum atomic E-state index is -0.784. The lowest BCUT2D eigenvalue weighted by atomic mass is 10.0. The Hall–Kier alpha value is -2.89. The maximum Gasteiger partial charge on any atom is 0.306 e. The Morgan fingerprint density at radius 3 is 1.08 bits per heavy atom. The van der Waals surface area contributed by atoms with Gasteiger partial charge in [0.05, 0.1) is 0 Å². The Labute approximate surface area is 370 Å². The molecule has 0 aliphatic carbocycles. The first-order valence-electron chi connectivity index (χ1n) is 25.3. The zero-order chi connectivity index (χ0) is 43.7. The minimum Gasteiger partial charge on any atom is -0.462 e. The first kappa shape index (κ1) is 57.1. The Morgan fingerprint density at radius 1 is 0.350 bits per heavy atom. The van der Waals surface area contributed by atoms with Crippen molar-refractivity contribution in [1.29, 1.82) is 0 Å². The van der Waals surface area contributed by atoms with E-state index < -0.39 is 6.10 Å². The molecule has 0 saturated carbocycles. The standard InChI is InChI=1S/C54H94O6/c1-4-7-10-13-16-19-22-24-26-27-28-30-32-35-38-41-44-47-53(56)59-50-51(49-58-52(55)46-43-40-37-34-31-21-18-15-12-9-6-3)60-54(57)48-45-42-39-36-33-29-25-23-20-17-14-11-8-5-2/h7,10,15-16,18-19,24,26,28,30,51H,4-6,8-9,11-14,17,20-23,25,27,29,31-50H2,1-3H3/b10-7-,18-15-,19-16-,26-24-,30-28-. The average Bonchev–Trinajstić information content (AvgIpc) is 3.24. The van der Waals surface area contributed by atoms with Crippen LogP contribution in [0.3, 0.4) is 0 Å². The highest BCUT2D eigenvalue weighted by Crippen LogP contribution is 2.15. The molecule has 1 unspecified atom stereocenters. The van der Waals surface area contributed by atoms with Gasteiger partial charge in [-0.25, -0.2) is 0 Å². The van der Waals surface area contributed by atoms with E-state index in [0.717, 1.165) is 103 Å². The molecule has 0 radical (unpaired) electrons. The molecule has 0 aromatic carbocycles. The van der Waals surface area contributed by atoms with E-state index in [1.165, 1.54) is 103 Å². The van der Waals surface area contributed by atoms with Gasteiger partial charge in [-0.15, -0.1) is 0 Å². The van der Waals surface area contributed by atoms with Crippen LogP contribution < -0.4 is 0 Å². The molecule has 6 nitrogen and oxygen atoms in total. The van der Waals surface area contributed by atoms with Gasteiger partial charge in [-0.2, -0.15) is 0 Å². The van der Waals surface area contributed by atoms with Crippen molar-refractivity contribution in [3.8, 4) is 0 Å². The molecule has 0 N–H and O–H groups in total. The number of allylic oxidation sites excluding steroid dienone is 10. The highest BCUT2D eigenvalue weighted by atomic mass is 16.6. The molecule has 60 heavy (non-hydrogen) atoms. The molecule has 0 aliphatic heterocycles. The monoisotopic (exact) mass is 839 g/mol. The molecule has 0 fully saturated rings. The van der Waals surface area contributed by atoms with Crippen LogP contribution in [0.1, 0.15) is 245 Å². The van der Waals surface area contributed by atoms with Gasteiger partial charge in [-0.3, -0.25) is 14.4 Å². The molecule has 0 heterocycles. The topological polar surface area (TPSA) is 78.9 Å². The predicted octanol–water partition coefficient (Wildman–Crippen LogP) is 16.5. The van der Waals surface area contributed by atoms with E-state index in [1.54, 1.807) is 0 Å². The van der Waals surface area contributed by atoms with E-state index in [9.17, 15) is 14.4 Å². The zero-order valence-electron chi connectivity index (χ0n) is 39.5. The van der Waals surface area contributed by atoms with Crippen molar-refractivity contribution < 1.29 is 28.6 Å². The summed E-state index contributed by atoms with van der Waals surface area (Å²) < 4.78 is 16.8. The summed E-state index contributed by atoms with van der Waals surface area (Å²) >= 11 is 0.